The summed E-state index contributed by atoms with van der Waals surface area (Å²) in [5.41, 5.74) is -0.294. The van der Waals surface area contributed by atoms with Gasteiger partial charge >= 0.3 is 6.18 Å². The van der Waals surface area contributed by atoms with Crippen LogP contribution >= 0.6 is 0 Å². The number of rotatable bonds is 2. The van der Waals surface area contributed by atoms with Gasteiger partial charge in [0.05, 0.1) is 11.3 Å². The molecule has 0 saturated heterocycles. The molecule has 0 bridgehead atoms. The quantitative estimate of drug-likeness (QED) is 0.881. The Morgan fingerprint density at radius 3 is 2.56 bits per heavy atom. The van der Waals surface area contributed by atoms with Gasteiger partial charge in [-0.05, 0) is 24.6 Å². The molecule has 3 nitrogen and oxygen atoms in total. The molecule has 0 aliphatic heterocycles. The molecule has 0 atom stereocenters. The van der Waals surface area contributed by atoms with Gasteiger partial charge in [0, 0.05) is 11.8 Å². The smallest absolute Gasteiger partial charge is 0.295 e. The third-order valence-corrected chi connectivity index (χ3v) is 2.59. The maximum atomic E-state index is 12.6. The van der Waals surface area contributed by atoms with Crippen molar-refractivity contribution in [1.82, 2.24) is 9.78 Å². The zero-order chi connectivity index (χ0) is 13.3. The first-order valence-electron chi connectivity index (χ1n) is 5.40. The number of hydrogen-bond acceptors (Lipinski definition) is 1. The van der Waals surface area contributed by atoms with Gasteiger partial charge in [0.25, 0.3) is 5.56 Å². The largest absolute Gasteiger partial charge is 0.416 e. The summed E-state index contributed by atoms with van der Waals surface area (Å²) in [6, 6.07) is 6.01. The number of nitrogens with one attached hydrogen (secondary N) is 1. The molecule has 1 N–H and O–H groups in total. The number of aromatic nitrogens is 2. The van der Waals surface area contributed by atoms with Crippen molar-refractivity contribution in [3.63, 3.8) is 0 Å². The highest BCUT2D eigenvalue weighted by atomic mass is 19.4. The predicted molar refractivity (Wildman–Crippen MR) is 60.8 cm³/mol. The van der Waals surface area contributed by atoms with Gasteiger partial charge < -0.3 is 0 Å². The highest BCUT2D eigenvalue weighted by molar-refractivity contribution is 5.36. The molecule has 2 aromatic rings. The highest BCUT2D eigenvalue weighted by Crippen LogP contribution is 2.29. The maximum absolute atomic E-state index is 12.6. The summed E-state index contributed by atoms with van der Waals surface area (Å²) < 4.78 is 38.8. The molecule has 1 aromatic carbocycles. The minimum Gasteiger partial charge on any atom is -0.295 e. The molecule has 6 heteroatoms. The lowest BCUT2D eigenvalue weighted by Gasteiger charge is -2.08. The molecule has 96 valence electrons. The molecule has 1 heterocycles. The van der Waals surface area contributed by atoms with Crippen molar-refractivity contribution in [3.05, 3.63) is 51.9 Å². The topological polar surface area (TPSA) is 37.8 Å². The van der Waals surface area contributed by atoms with E-state index in [2.05, 4.69) is 5.10 Å². The van der Waals surface area contributed by atoms with Crippen LogP contribution < -0.4 is 5.56 Å². The Morgan fingerprint density at radius 2 is 2.00 bits per heavy atom. The number of aryl methyl sites for hydroxylation is 1. The van der Waals surface area contributed by atoms with Crippen molar-refractivity contribution in [3.8, 4) is 5.69 Å². The van der Waals surface area contributed by atoms with Crippen LogP contribution in [0.4, 0.5) is 13.2 Å². The molecule has 0 radical (unpaired) electrons. The normalized spacial score (nSPS) is 11.8. The van der Waals surface area contributed by atoms with E-state index in [1.807, 2.05) is 6.92 Å². The lowest BCUT2D eigenvalue weighted by atomic mass is 10.2. The molecule has 0 unspecified atom stereocenters. The van der Waals surface area contributed by atoms with Crippen LogP contribution in [0.25, 0.3) is 5.69 Å². The predicted octanol–water partition coefficient (Wildman–Crippen LogP) is 2.75. The van der Waals surface area contributed by atoms with Crippen LogP contribution in [0.15, 0.2) is 35.1 Å². The molecule has 0 amide bonds. The zero-order valence-corrected chi connectivity index (χ0v) is 9.58. The van der Waals surface area contributed by atoms with E-state index >= 15 is 0 Å². The van der Waals surface area contributed by atoms with Crippen LogP contribution in [-0.4, -0.2) is 9.78 Å². The van der Waals surface area contributed by atoms with Gasteiger partial charge in [-0.1, -0.05) is 13.0 Å². The Kier molecular flexibility index (Phi) is 3.02. The van der Waals surface area contributed by atoms with E-state index in [1.165, 1.54) is 18.2 Å². The van der Waals surface area contributed by atoms with Crippen LogP contribution in [0.1, 0.15) is 18.2 Å². The summed E-state index contributed by atoms with van der Waals surface area (Å²) in [4.78, 5) is 11.6. The fourth-order valence-electron chi connectivity index (χ4n) is 1.64. The van der Waals surface area contributed by atoms with Gasteiger partial charge in [-0.2, -0.15) is 13.2 Å². The first-order valence-corrected chi connectivity index (χ1v) is 5.40. The van der Waals surface area contributed by atoms with E-state index in [-0.39, 0.29) is 11.2 Å². The van der Waals surface area contributed by atoms with Gasteiger partial charge in [0.2, 0.25) is 0 Å². The summed E-state index contributed by atoms with van der Waals surface area (Å²) in [5, 5.41) is 2.76. The monoisotopic (exact) mass is 256 g/mol. The van der Waals surface area contributed by atoms with E-state index in [0.717, 1.165) is 16.8 Å². The standard InChI is InChI=1S/C12H11F3N2O/c1-2-9-7-11(18)17(16-9)10-5-3-4-8(6-10)12(13,14)15/h3-7,16H,2H2,1H3. The second kappa shape index (κ2) is 4.36. The third-order valence-electron chi connectivity index (χ3n) is 2.59. The lowest BCUT2D eigenvalue weighted by molar-refractivity contribution is -0.137. The maximum Gasteiger partial charge on any atom is 0.416 e. The molecule has 1 aromatic heterocycles. The average molecular weight is 256 g/mol. The molecular formula is C12H11F3N2O. The SMILES string of the molecule is CCc1cc(=O)n(-c2cccc(C(F)(F)F)c2)[nH]1. The summed E-state index contributed by atoms with van der Waals surface area (Å²) in [5.74, 6) is 0. The van der Waals surface area contributed by atoms with Crippen LogP contribution in [0.3, 0.4) is 0 Å². The van der Waals surface area contributed by atoms with Crippen molar-refractivity contribution in [2.24, 2.45) is 0 Å². The second-order valence-corrected chi connectivity index (χ2v) is 3.86. The van der Waals surface area contributed by atoms with Crippen molar-refractivity contribution in [2.75, 3.05) is 0 Å². The van der Waals surface area contributed by atoms with Crippen molar-refractivity contribution >= 4 is 0 Å². The van der Waals surface area contributed by atoms with Gasteiger partial charge in [0.15, 0.2) is 0 Å². The minimum atomic E-state index is -4.42. The number of H-pyrrole nitrogens is 1. The molecule has 0 spiro atoms. The van der Waals surface area contributed by atoms with Crippen molar-refractivity contribution < 1.29 is 13.2 Å². The zero-order valence-electron chi connectivity index (χ0n) is 9.58. The summed E-state index contributed by atoms with van der Waals surface area (Å²) in [6.45, 7) is 1.85. The van der Waals surface area contributed by atoms with E-state index < -0.39 is 11.7 Å². The van der Waals surface area contributed by atoms with E-state index in [1.54, 1.807) is 0 Å². The van der Waals surface area contributed by atoms with Crippen LogP contribution in [0.5, 0.6) is 0 Å². The Bertz CT molecular complexity index is 610. The fraction of sp³-hybridized carbons (Fsp3) is 0.250. The first-order chi connectivity index (χ1) is 8.41. The second-order valence-electron chi connectivity index (χ2n) is 3.86. The molecule has 18 heavy (non-hydrogen) atoms. The average Bonchev–Trinajstić information content (AvgIpc) is 2.70. The van der Waals surface area contributed by atoms with Crippen LogP contribution in [-0.2, 0) is 12.6 Å². The highest BCUT2D eigenvalue weighted by Gasteiger charge is 2.30. The summed E-state index contributed by atoms with van der Waals surface area (Å²) in [7, 11) is 0. The molecule has 0 aliphatic carbocycles. The Morgan fingerprint density at radius 1 is 1.28 bits per heavy atom. The number of alkyl halides is 3. The van der Waals surface area contributed by atoms with Gasteiger partial charge in [-0.25, -0.2) is 4.68 Å². The fourth-order valence-corrected chi connectivity index (χ4v) is 1.64. The van der Waals surface area contributed by atoms with Crippen molar-refractivity contribution in [1.29, 1.82) is 0 Å². The molecule has 0 saturated carbocycles. The lowest BCUT2D eigenvalue weighted by Crippen LogP contribution is -2.14. The van der Waals surface area contributed by atoms with E-state index in [4.69, 9.17) is 0 Å². The molecule has 0 aliphatic rings. The first kappa shape index (κ1) is 12.5. The third kappa shape index (κ3) is 2.32. The van der Waals surface area contributed by atoms with E-state index in [0.29, 0.717) is 12.1 Å². The van der Waals surface area contributed by atoms with Gasteiger partial charge in [-0.15, -0.1) is 0 Å². The summed E-state index contributed by atoms with van der Waals surface area (Å²) in [6.07, 6.45) is -3.80. The van der Waals surface area contributed by atoms with Gasteiger partial charge in [-0.3, -0.25) is 9.89 Å². The Balaban J connectivity index is 2.51. The number of hydrogen-bond donors (Lipinski definition) is 1. The number of halogens is 3. The Hall–Kier alpha value is -1.98. The Labute approximate surface area is 101 Å². The number of nitrogens with zero attached hydrogens (tertiary/aromatic N) is 1. The minimum absolute atomic E-state index is 0.175. The van der Waals surface area contributed by atoms with Crippen LogP contribution in [0.2, 0.25) is 0 Å². The summed E-state index contributed by atoms with van der Waals surface area (Å²) >= 11 is 0. The molecule has 2 rings (SSSR count). The number of aromatic amines is 1. The van der Waals surface area contributed by atoms with Crippen molar-refractivity contribution in [2.45, 2.75) is 19.5 Å². The molecular weight excluding hydrogens is 245 g/mol. The molecule has 0 fully saturated rings. The van der Waals surface area contributed by atoms with Crippen LogP contribution in [0, 0.1) is 0 Å². The van der Waals surface area contributed by atoms with E-state index in [9.17, 15) is 18.0 Å². The number of benzene rings is 1. The van der Waals surface area contributed by atoms with Gasteiger partial charge in [0.1, 0.15) is 0 Å².